The molecule has 0 fully saturated rings. The van der Waals surface area contributed by atoms with Crippen LogP contribution in [-0.2, 0) is 4.79 Å². The predicted octanol–water partition coefficient (Wildman–Crippen LogP) is 1.43. The van der Waals surface area contributed by atoms with Crippen LogP contribution in [0.5, 0.6) is 0 Å². The highest BCUT2D eigenvalue weighted by molar-refractivity contribution is 8.14. The quantitative estimate of drug-likeness (QED) is 0.732. The van der Waals surface area contributed by atoms with Gasteiger partial charge in [-0.05, 0) is 23.9 Å². The van der Waals surface area contributed by atoms with Crippen LogP contribution in [0.3, 0.4) is 0 Å². The summed E-state index contributed by atoms with van der Waals surface area (Å²) in [5.74, 6) is -1.01. The highest BCUT2D eigenvalue weighted by atomic mass is 32.2. The van der Waals surface area contributed by atoms with Crippen molar-refractivity contribution in [2.24, 2.45) is 0 Å². The summed E-state index contributed by atoms with van der Waals surface area (Å²) in [6.07, 6.45) is 0. The molecule has 1 aromatic carbocycles. The zero-order chi connectivity index (χ0) is 10.1. The van der Waals surface area contributed by atoms with E-state index in [1.54, 1.807) is 12.1 Å². The van der Waals surface area contributed by atoms with Crippen molar-refractivity contribution in [1.82, 2.24) is 0 Å². The van der Waals surface area contributed by atoms with Crippen LogP contribution >= 0.6 is 11.8 Å². The van der Waals surface area contributed by atoms with Crippen molar-refractivity contribution < 1.29 is 14.7 Å². The second-order valence-corrected chi connectivity index (χ2v) is 3.88. The molecule has 0 spiro atoms. The summed E-state index contributed by atoms with van der Waals surface area (Å²) in [7, 11) is 0. The van der Waals surface area contributed by atoms with E-state index in [1.165, 1.54) is 6.07 Å². The second kappa shape index (κ2) is 3.34. The Morgan fingerprint density at radius 3 is 3.00 bits per heavy atom. The van der Waals surface area contributed by atoms with Crippen molar-refractivity contribution in [2.45, 2.75) is 4.90 Å². The standard InChI is InChI=1S/C9H7NO3S/c11-7-4-10-6-3-1-2-5(9(12)13)8(6)14-7/h1-3,10H,4H2,(H,12,13). The Hall–Kier alpha value is -1.49. The van der Waals surface area contributed by atoms with Gasteiger partial charge < -0.3 is 10.4 Å². The molecule has 1 aliphatic rings. The number of rotatable bonds is 1. The first-order chi connectivity index (χ1) is 6.68. The lowest BCUT2D eigenvalue weighted by atomic mass is 10.2. The van der Waals surface area contributed by atoms with Crippen LogP contribution in [0, 0.1) is 0 Å². The summed E-state index contributed by atoms with van der Waals surface area (Å²) in [5, 5.41) is 11.7. The maximum absolute atomic E-state index is 11.1. The number of thioether (sulfide) groups is 1. The highest BCUT2D eigenvalue weighted by Gasteiger charge is 2.21. The third kappa shape index (κ3) is 1.46. The van der Waals surface area contributed by atoms with Crippen LogP contribution < -0.4 is 5.32 Å². The summed E-state index contributed by atoms with van der Waals surface area (Å²) in [4.78, 5) is 22.4. The minimum absolute atomic E-state index is 0.0637. The molecule has 14 heavy (non-hydrogen) atoms. The fraction of sp³-hybridized carbons (Fsp3) is 0.111. The Kier molecular flexibility index (Phi) is 2.17. The molecule has 0 atom stereocenters. The summed E-state index contributed by atoms with van der Waals surface area (Å²) in [6, 6.07) is 4.92. The molecule has 0 saturated heterocycles. The first-order valence-electron chi connectivity index (χ1n) is 3.99. The molecule has 2 rings (SSSR count). The van der Waals surface area contributed by atoms with Gasteiger partial charge in [0.1, 0.15) is 0 Å². The van der Waals surface area contributed by atoms with Crippen LogP contribution in [-0.4, -0.2) is 22.7 Å². The van der Waals surface area contributed by atoms with Gasteiger partial charge in [-0.25, -0.2) is 4.79 Å². The zero-order valence-corrected chi connectivity index (χ0v) is 7.93. The minimum Gasteiger partial charge on any atom is -0.478 e. The average molecular weight is 209 g/mol. The van der Waals surface area contributed by atoms with Gasteiger partial charge in [-0.1, -0.05) is 6.07 Å². The molecule has 0 aliphatic carbocycles. The van der Waals surface area contributed by atoms with E-state index >= 15 is 0 Å². The lowest BCUT2D eigenvalue weighted by Crippen LogP contribution is -2.17. The fourth-order valence-corrected chi connectivity index (χ4v) is 2.16. The topological polar surface area (TPSA) is 66.4 Å². The first kappa shape index (κ1) is 9.08. The number of carboxylic acids is 1. The molecule has 0 bridgehead atoms. The van der Waals surface area contributed by atoms with Crippen molar-refractivity contribution in [3.05, 3.63) is 23.8 Å². The van der Waals surface area contributed by atoms with E-state index in [9.17, 15) is 9.59 Å². The molecule has 0 saturated carbocycles. The number of anilines is 1. The van der Waals surface area contributed by atoms with E-state index in [-0.39, 0.29) is 17.2 Å². The maximum Gasteiger partial charge on any atom is 0.336 e. The molecule has 0 aromatic heterocycles. The van der Waals surface area contributed by atoms with E-state index in [4.69, 9.17) is 5.11 Å². The van der Waals surface area contributed by atoms with Gasteiger partial charge in [-0.3, -0.25) is 4.79 Å². The number of aromatic carboxylic acids is 1. The van der Waals surface area contributed by atoms with Crippen molar-refractivity contribution in [3.63, 3.8) is 0 Å². The number of hydrogen-bond donors (Lipinski definition) is 2. The Balaban J connectivity index is 2.54. The van der Waals surface area contributed by atoms with Gasteiger partial charge in [0.05, 0.1) is 17.0 Å². The molecule has 1 aromatic rings. The Morgan fingerprint density at radius 2 is 2.29 bits per heavy atom. The van der Waals surface area contributed by atoms with Crippen molar-refractivity contribution in [3.8, 4) is 0 Å². The number of benzene rings is 1. The molecule has 4 nitrogen and oxygen atoms in total. The minimum atomic E-state index is -1.01. The van der Waals surface area contributed by atoms with E-state index in [0.29, 0.717) is 4.90 Å². The van der Waals surface area contributed by atoms with Crippen molar-refractivity contribution in [2.75, 3.05) is 11.9 Å². The number of carbonyl (C=O) groups is 2. The molecule has 72 valence electrons. The smallest absolute Gasteiger partial charge is 0.336 e. The lowest BCUT2D eigenvalue weighted by molar-refractivity contribution is -0.109. The van der Waals surface area contributed by atoms with E-state index in [0.717, 1.165) is 17.4 Å². The number of hydrogen-bond acceptors (Lipinski definition) is 4. The summed E-state index contributed by atoms with van der Waals surface area (Å²) in [6.45, 7) is 0.251. The van der Waals surface area contributed by atoms with Crippen LogP contribution in [0.4, 0.5) is 5.69 Å². The van der Waals surface area contributed by atoms with Crippen LogP contribution in [0.25, 0.3) is 0 Å². The average Bonchev–Trinajstić information content (AvgIpc) is 2.16. The largest absolute Gasteiger partial charge is 0.478 e. The van der Waals surface area contributed by atoms with Crippen molar-refractivity contribution >= 4 is 28.5 Å². The monoisotopic (exact) mass is 209 g/mol. The normalized spacial score (nSPS) is 14.4. The van der Waals surface area contributed by atoms with Crippen molar-refractivity contribution in [1.29, 1.82) is 0 Å². The number of carboxylic acid groups (broad SMARTS) is 1. The van der Waals surface area contributed by atoms with E-state index in [1.807, 2.05) is 0 Å². The van der Waals surface area contributed by atoms with Gasteiger partial charge in [-0.15, -0.1) is 0 Å². The molecule has 0 amide bonds. The Morgan fingerprint density at radius 1 is 1.50 bits per heavy atom. The van der Waals surface area contributed by atoms with Crippen LogP contribution in [0.15, 0.2) is 23.1 Å². The molecule has 5 heteroatoms. The molecule has 0 radical (unpaired) electrons. The zero-order valence-electron chi connectivity index (χ0n) is 7.11. The first-order valence-corrected chi connectivity index (χ1v) is 4.81. The molecule has 1 aliphatic heterocycles. The third-order valence-electron chi connectivity index (χ3n) is 1.88. The molecule has 2 N–H and O–H groups in total. The van der Waals surface area contributed by atoms with Gasteiger partial charge in [0, 0.05) is 5.69 Å². The summed E-state index contributed by atoms with van der Waals surface area (Å²) in [5.41, 5.74) is 0.891. The highest BCUT2D eigenvalue weighted by Crippen LogP contribution is 2.34. The summed E-state index contributed by atoms with van der Waals surface area (Å²) >= 11 is 0.985. The predicted molar refractivity (Wildman–Crippen MR) is 52.8 cm³/mol. The van der Waals surface area contributed by atoms with Gasteiger partial charge in [0.15, 0.2) is 0 Å². The number of carbonyl (C=O) groups excluding carboxylic acids is 1. The lowest BCUT2D eigenvalue weighted by Gasteiger charge is -2.17. The van der Waals surface area contributed by atoms with Gasteiger partial charge in [0.25, 0.3) is 0 Å². The van der Waals surface area contributed by atoms with E-state index in [2.05, 4.69) is 5.32 Å². The maximum atomic E-state index is 11.1. The SMILES string of the molecule is O=C1CNc2cccc(C(=O)O)c2S1. The van der Waals surface area contributed by atoms with Gasteiger partial charge >= 0.3 is 5.97 Å². The molecule has 0 unspecified atom stereocenters. The van der Waals surface area contributed by atoms with E-state index < -0.39 is 5.97 Å². The van der Waals surface area contributed by atoms with Gasteiger partial charge in [0.2, 0.25) is 5.12 Å². The van der Waals surface area contributed by atoms with Gasteiger partial charge in [-0.2, -0.15) is 0 Å². The van der Waals surface area contributed by atoms with Crippen LogP contribution in [0.1, 0.15) is 10.4 Å². The Bertz CT molecular complexity index is 417. The second-order valence-electron chi connectivity index (χ2n) is 2.82. The molecular weight excluding hydrogens is 202 g/mol. The third-order valence-corrected chi connectivity index (χ3v) is 2.90. The fourth-order valence-electron chi connectivity index (χ4n) is 1.27. The van der Waals surface area contributed by atoms with Crippen LogP contribution in [0.2, 0.25) is 0 Å². The molecule has 1 heterocycles. The Labute approximate surface area is 84.3 Å². The molecular formula is C9H7NO3S. The number of fused-ring (bicyclic) bond motifs is 1. The number of nitrogens with one attached hydrogen (secondary N) is 1. The summed E-state index contributed by atoms with van der Waals surface area (Å²) < 4.78 is 0.